The van der Waals surface area contributed by atoms with E-state index in [1.807, 2.05) is 18.2 Å². The van der Waals surface area contributed by atoms with Crippen molar-refractivity contribution in [3.63, 3.8) is 0 Å². The van der Waals surface area contributed by atoms with Crippen LogP contribution in [0.25, 0.3) is 0 Å². The van der Waals surface area contributed by atoms with Gasteiger partial charge in [0.25, 0.3) is 0 Å². The van der Waals surface area contributed by atoms with Gasteiger partial charge in [0, 0.05) is 21.5 Å². The predicted octanol–water partition coefficient (Wildman–Crippen LogP) is 9.48. The highest BCUT2D eigenvalue weighted by Gasteiger charge is 2.39. The maximum absolute atomic E-state index is 6.60. The first-order valence-electron chi connectivity index (χ1n) is 10.7. The van der Waals surface area contributed by atoms with E-state index < -0.39 is 0 Å². The lowest BCUT2D eigenvalue weighted by atomic mass is 9.77. The molecule has 3 aromatic rings. The van der Waals surface area contributed by atoms with Gasteiger partial charge in [-0.3, -0.25) is 0 Å². The molecule has 0 radical (unpaired) electrons. The van der Waals surface area contributed by atoms with Gasteiger partial charge in [0.2, 0.25) is 0 Å². The molecule has 0 aromatic heterocycles. The minimum Gasteiger partial charge on any atom is -0.493 e. The Balaban J connectivity index is 1.47. The van der Waals surface area contributed by atoms with Gasteiger partial charge in [-0.15, -0.1) is 0 Å². The summed E-state index contributed by atoms with van der Waals surface area (Å²) in [6, 6.07) is 13.4. The number of hydrogen-bond acceptors (Lipinski definition) is 3. The van der Waals surface area contributed by atoms with Crippen molar-refractivity contribution < 1.29 is 9.47 Å². The van der Waals surface area contributed by atoms with Crippen LogP contribution in [0.15, 0.2) is 59.1 Å². The van der Waals surface area contributed by atoms with Crippen molar-refractivity contribution in [1.82, 2.24) is 0 Å². The third-order valence-corrected chi connectivity index (χ3v) is 8.41. The second kappa shape index (κ2) is 9.83. The van der Waals surface area contributed by atoms with Crippen LogP contribution < -0.4 is 14.8 Å². The number of anilines is 1. The average molecular weight is 600 g/mol. The smallest absolute Gasteiger partial charge is 0.175 e. The van der Waals surface area contributed by atoms with Crippen LogP contribution >= 0.6 is 62.3 Å². The predicted molar refractivity (Wildman–Crippen MR) is 144 cm³/mol. The number of halogens is 5. The molecule has 0 spiro atoms. The number of benzene rings is 3. The van der Waals surface area contributed by atoms with Crippen molar-refractivity contribution in [3.05, 3.63) is 95.9 Å². The topological polar surface area (TPSA) is 30.5 Å². The summed E-state index contributed by atoms with van der Waals surface area (Å²) in [5.41, 5.74) is 3.97. The maximum atomic E-state index is 6.60. The number of rotatable bonds is 5. The molecular weight excluding hydrogens is 580 g/mol. The van der Waals surface area contributed by atoms with Gasteiger partial charge in [-0.05, 0) is 69.7 Å². The molecular formula is C26H20BrCl4NO2. The standard InChI is InChI=1S/C26H20BrCl4NO2/c1-33-22-10-14(9-19(27)26(22)34-12-13-5-6-15(28)11-21(13)30)24-17-4-2-3-16(17)18-7-8-20(29)23(31)25(18)32-24/h2-3,5-11,16-17,24,32H,4,12H2,1H3/t16-,17+,24+/m1/s1. The number of allylic oxidation sites excluding steroid dienone is 2. The molecule has 0 amide bonds. The molecule has 0 fully saturated rings. The molecule has 34 heavy (non-hydrogen) atoms. The molecule has 1 aliphatic carbocycles. The third-order valence-electron chi connectivity index (χ3n) is 6.43. The van der Waals surface area contributed by atoms with Gasteiger partial charge in [0.1, 0.15) is 6.61 Å². The van der Waals surface area contributed by atoms with E-state index in [1.165, 1.54) is 5.56 Å². The van der Waals surface area contributed by atoms with Crippen molar-refractivity contribution in [2.45, 2.75) is 25.0 Å². The normalized spacial score (nSPS) is 20.5. The molecule has 0 saturated heterocycles. The Bertz CT molecular complexity index is 1300. The number of methoxy groups -OCH3 is 1. The monoisotopic (exact) mass is 597 g/mol. The van der Waals surface area contributed by atoms with Gasteiger partial charge in [0.15, 0.2) is 11.5 Å². The summed E-state index contributed by atoms with van der Waals surface area (Å²) < 4.78 is 12.6. The van der Waals surface area contributed by atoms with Crippen LogP contribution in [-0.2, 0) is 6.61 Å². The number of nitrogens with one attached hydrogen (secondary N) is 1. The van der Waals surface area contributed by atoms with Crippen molar-refractivity contribution in [1.29, 1.82) is 0 Å². The highest BCUT2D eigenvalue weighted by Crippen LogP contribution is 2.53. The van der Waals surface area contributed by atoms with Crippen LogP contribution in [-0.4, -0.2) is 7.11 Å². The Hall–Kier alpha value is -1.56. The van der Waals surface area contributed by atoms with E-state index in [9.17, 15) is 0 Å². The molecule has 1 N–H and O–H groups in total. The highest BCUT2D eigenvalue weighted by atomic mass is 79.9. The summed E-state index contributed by atoms with van der Waals surface area (Å²) in [7, 11) is 1.63. The lowest BCUT2D eigenvalue weighted by Gasteiger charge is -2.38. The molecule has 0 bridgehead atoms. The Morgan fingerprint density at radius 1 is 1.03 bits per heavy atom. The van der Waals surface area contributed by atoms with E-state index in [2.05, 4.69) is 45.5 Å². The lowest BCUT2D eigenvalue weighted by Crippen LogP contribution is -2.29. The van der Waals surface area contributed by atoms with Gasteiger partial charge in [0.05, 0.1) is 33.4 Å². The highest BCUT2D eigenvalue weighted by molar-refractivity contribution is 9.10. The zero-order valence-corrected chi connectivity index (χ0v) is 22.7. The molecule has 1 heterocycles. The Labute approximate surface area is 227 Å². The Kier molecular flexibility index (Phi) is 6.98. The van der Waals surface area contributed by atoms with Crippen LogP contribution in [0.3, 0.4) is 0 Å². The maximum Gasteiger partial charge on any atom is 0.175 e. The summed E-state index contributed by atoms with van der Waals surface area (Å²) >= 11 is 28.9. The molecule has 3 nitrogen and oxygen atoms in total. The summed E-state index contributed by atoms with van der Waals surface area (Å²) in [5.74, 6) is 1.85. The molecule has 3 aromatic carbocycles. The Morgan fingerprint density at radius 3 is 2.62 bits per heavy atom. The molecule has 3 atom stereocenters. The first-order chi connectivity index (χ1) is 16.4. The molecule has 2 aliphatic rings. The largest absolute Gasteiger partial charge is 0.493 e. The van der Waals surface area contributed by atoms with Crippen LogP contribution in [0.4, 0.5) is 5.69 Å². The zero-order valence-electron chi connectivity index (χ0n) is 18.0. The summed E-state index contributed by atoms with van der Waals surface area (Å²) in [6.07, 6.45) is 5.47. The second-order valence-corrected chi connectivity index (χ2v) is 10.8. The summed E-state index contributed by atoms with van der Waals surface area (Å²) in [5, 5.41) is 5.88. The molecule has 0 saturated carbocycles. The van der Waals surface area contributed by atoms with Crippen molar-refractivity contribution >= 4 is 68.0 Å². The Morgan fingerprint density at radius 2 is 1.85 bits per heavy atom. The van der Waals surface area contributed by atoms with E-state index >= 15 is 0 Å². The fourth-order valence-corrected chi connectivity index (χ4v) is 6.20. The van der Waals surface area contributed by atoms with Gasteiger partial charge >= 0.3 is 0 Å². The van der Waals surface area contributed by atoms with E-state index in [0.717, 1.165) is 27.7 Å². The van der Waals surface area contributed by atoms with Gasteiger partial charge in [-0.2, -0.15) is 0 Å². The van der Waals surface area contributed by atoms with Crippen LogP contribution in [0.1, 0.15) is 35.1 Å². The second-order valence-electron chi connectivity index (χ2n) is 8.36. The third kappa shape index (κ3) is 4.40. The molecule has 5 rings (SSSR count). The van der Waals surface area contributed by atoms with E-state index in [0.29, 0.717) is 37.5 Å². The molecule has 0 unspecified atom stereocenters. The number of hydrogen-bond donors (Lipinski definition) is 1. The van der Waals surface area contributed by atoms with E-state index in [-0.39, 0.29) is 18.6 Å². The zero-order chi connectivity index (χ0) is 24.0. The van der Waals surface area contributed by atoms with E-state index in [1.54, 1.807) is 19.2 Å². The molecule has 176 valence electrons. The summed E-state index contributed by atoms with van der Waals surface area (Å²) in [4.78, 5) is 0. The fraction of sp³-hybridized carbons (Fsp3) is 0.231. The molecule has 1 aliphatic heterocycles. The van der Waals surface area contributed by atoms with Crippen LogP contribution in [0, 0.1) is 5.92 Å². The minimum absolute atomic E-state index is 0.0217. The fourth-order valence-electron chi connectivity index (χ4n) is 4.78. The van der Waals surface area contributed by atoms with Gasteiger partial charge < -0.3 is 14.8 Å². The first kappa shape index (κ1) is 24.1. The number of fused-ring (bicyclic) bond motifs is 3. The average Bonchev–Trinajstić information content (AvgIpc) is 3.31. The summed E-state index contributed by atoms with van der Waals surface area (Å²) in [6.45, 7) is 0.280. The van der Waals surface area contributed by atoms with Gasteiger partial charge in [-0.25, -0.2) is 0 Å². The van der Waals surface area contributed by atoms with Crippen LogP contribution in [0.2, 0.25) is 20.1 Å². The lowest BCUT2D eigenvalue weighted by molar-refractivity contribution is 0.282. The SMILES string of the molecule is COc1cc([C@@H]2Nc3c(ccc(Cl)c3Cl)[C@@H]3C=CC[C@@H]32)cc(Br)c1OCc1ccc(Cl)cc1Cl. The quantitative estimate of drug-likeness (QED) is 0.296. The minimum atomic E-state index is 0.0217. The van der Waals surface area contributed by atoms with Gasteiger partial charge in [-0.1, -0.05) is 70.7 Å². The van der Waals surface area contributed by atoms with Crippen molar-refractivity contribution in [2.75, 3.05) is 12.4 Å². The van der Waals surface area contributed by atoms with Crippen molar-refractivity contribution in [2.24, 2.45) is 5.92 Å². The number of ether oxygens (including phenoxy) is 2. The molecule has 8 heteroatoms. The van der Waals surface area contributed by atoms with E-state index in [4.69, 9.17) is 55.9 Å². The first-order valence-corrected chi connectivity index (χ1v) is 13.0. The van der Waals surface area contributed by atoms with Crippen molar-refractivity contribution in [3.8, 4) is 11.5 Å². The van der Waals surface area contributed by atoms with Crippen LogP contribution in [0.5, 0.6) is 11.5 Å².